The van der Waals surface area contributed by atoms with Crippen molar-refractivity contribution in [2.75, 3.05) is 0 Å². The molecule has 0 saturated heterocycles. The van der Waals surface area contributed by atoms with Gasteiger partial charge in [-0.3, -0.25) is 4.79 Å². The maximum Gasteiger partial charge on any atom is 0.256 e. The van der Waals surface area contributed by atoms with Crippen LogP contribution in [0, 0.1) is 11.3 Å². The number of aromatic amines is 1. The van der Waals surface area contributed by atoms with E-state index in [4.69, 9.17) is 0 Å². The summed E-state index contributed by atoms with van der Waals surface area (Å²) >= 11 is 1.50. The monoisotopic (exact) mass is 355 g/mol. The number of nitrogens with zero attached hydrogens (tertiary/aromatic N) is 2. The topological polar surface area (TPSA) is 69.5 Å². The Kier molecular flexibility index (Phi) is 4.18. The summed E-state index contributed by atoms with van der Waals surface area (Å²) in [6.45, 7) is 0. The van der Waals surface area contributed by atoms with E-state index in [0.717, 1.165) is 22.4 Å². The number of pyridine rings is 1. The predicted octanol–water partition coefficient (Wildman–Crippen LogP) is 4.70. The van der Waals surface area contributed by atoms with Crippen molar-refractivity contribution in [2.45, 2.75) is 0 Å². The second-order valence-electron chi connectivity index (χ2n) is 5.68. The third kappa shape index (κ3) is 2.73. The fourth-order valence-corrected chi connectivity index (χ4v) is 3.59. The van der Waals surface area contributed by atoms with Crippen LogP contribution in [0.15, 0.2) is 76.5 Å². The van der Waals surface area contributed by atoms with Crippen molar-refractivity contribution in [1.82, 2.24) is 9.97 Å². The molecule has 26 heavy (non-hydrogen) atoms. The molecule has 0 aliphatic carbocycles. The van der Waals surface area contributed by atoms with Gasteiger partial charge in [0, 0.05) is 28.3 Å². The van der Waals surface area contributed by atoms with Gasteiger partial charge in [0.25, 0.3) is 5.56 Å². The number of nitrogens with one attached hydrogen (secondary N) is 1. The van der Waals surface area contributed by atoms with Gasteiger partial charge in [-0.1, -0.05) is 48.5 Å². The number of nitriles is 1. The van der Waals surface area contributed by atoms with Crippen LogP contribution in [0.1, 0.15) is 5.56 Å². The maximum atomic E-state index is 12.8. The molecule has 0 saturated carbocycles. The summed E-state index contributed by atoms with van der Waals surface area (Å²) in [4.78, 5) is 20.0. The molecule has 4 aromatic rings. The Morgan fingerprint density at radius 2 is 1.73 bits per heavy atom. The molecule has 2 heterocycles. The Hall–Kier alpha value is -3.49. The van der Waals surface area contributed by atoms with Gasteiger partial charge in [0.1, 0.15) is 0 Å². The molecule has 0 fully saturated rings. The van der Waals surface area contributed by atoms with Crippen LogP contribution < -0.4 is 5.56 Å². The lowest BCUT2D eigenvalue weighted by Crippen LogP contribution is -2.12. The minimum absolute atomic E-state index is 0.231. The summed E-state index contributed by atoms with van der Waals surface area (Å²) in [5.41, 5.74) is 6.41. The summed E-state index contributed by atoms with van der Waals surface area (Å²) in [5, 5.41) is 11.5. The Balaban J connectivity index is 2.14. The zero-order valence-corrected chi connectivity index (χ0v) is 14.5. The van der Waals surface area contributed by atoms with Gasteiger partial charge in [-0.2, -0.15) is 5.26 Å². The van der Waals surface area contributed by atoms with E-state index < -0.39 is 0 Å². The molecule has 0 bridgehead atoms. The van der Waals surface area contributed by atoms with Gasteiger partial charge in [-0.05, 0) is 11.6 Å². The molecule has 0 radical (unpaired) electrons. The average molecular weight is 355 g/mol. The Bertz CT molecular complexity index is 1160. The molecule has 2 aromatic carbocycles. The molecule has 4 nitrogen and oxygen atoms in total. The van der Waals surface area contributed by atoms with E-state index >= 15 is 0 Å². The standard InChI is InChI=1S/C21H13N3OS/c22-10-15-8-4-5-9-16(15)20-19(14-6-2-1-3-7-14)17(11-23-21(20)25)18-12-26-13-24-18/h1-9,11-13H,(H,23,25). The Morgan fingerprint density at radius 3 is 2.46 bits per heavy atom. The zero-order chi connectivity index (χ0) is 17.9. The second kappa shape index (κ2) is 6.79. The molecule has 5 heteroatoms. The van der Waals surface area contributed by atoms with Crippen molar-refractivity contribution in [3.63, 3.8) is 0 Å². The van der Waals surface area contributed by atoms with Gasteiger partial charge in [-0.15, -0.1) is 11.3 Å². The molecule has 0 aliphatic heterocycles. The van der Waals surface area contributed by atoms with Crippen LogP contribution in [-0.4, -0.2) is 9.97 Å². The van der Waals surface area contributed by atoms with Crippen molar-refractivity contribution >= 4 is 11.3 Å². The number of aromatic nitrogens is 2. The van der Waals surface area contributed by atoms with Gasteiger partial charge in [-0.25, -0.2) is 4.98 Å². The molecule has 124 valence electrons. The Morgan fingerprint density at radius 1 is 0.962 bits per heavy atom. The van der Waals surface area contributed by atoms with Crippen LogP contribution in [0.4, 0.5) is 0 Å². The molecule has 0 spiro atoms. The highest BCUT2D eigenvalue weighted by molar-refractivity contribution is 7.07. The highest BCUT2D eigenvalue weighted by Crippen LogP contribution is 2.38. The number of hydrogen-bond acceptors (Lipinski definition) is 4. The molecule has 0 atom stereocenters. The lowest BCUT2D eigenvalue weighted by molar-refractivity contribution is 1.23. The number of benzene rings is 2. The first-order valence-corrected chi connectivity index (χ1v) is 8.93. The molecular weight excluding hydrogens is 342 g/mol. The van der Waals surface area contributed by atoms with E-state index in [-0.39, 0.29) is 5.56 Å². The van der Waals surface area contributed by atoms with E-state index in [0.29, 0.717) is 16.7 Å². The van der Waals surface area contributed by atoms with Crippen LogP contribution in [0.5, 0.6) is 0 Å². The molecule has 4 rings (SSSR count). The van der Waals surface area contributed by atoms with Gasteiger partial charge in [0.15, 0.2) is 0 Å². The average Bonchev–Trinajstić information content (AvgIpc) is 3.23. The largest absolute Gasteiger partial charge is 0.328 e. The van der Waals surface area contributed by atoms with Crippen molar-refractivity contribution in [1.29, 1.82) is 5.26 Å². The quantitative estimate of drug-likeness (QED) is 0.579. The number of hydrogen-bond donors (Lipinski definition) is 1. The normalized spacial score (nSPS) is 10.4. The lowest BCUT2D eigenvalue weighted by Gasteiger charge is -2.14. The first-order valence-electron chi connectivity index (χ1n) is 7.99. The number of H-pyrrole nitrogens is 1. The van der Waals surface area contributed by atoms with Crippen molar-refractivity contribution in [3.8, 4) is 39.6 Å². The molecule has 0 aliphatic rings. The summed E-state index contributed by atoms with van der Waals surface area (Å²) in [6.07, 6.45) is 1.69. The minimum atomic E-state index is -0.231. The van der Waals surface area contributed by atoms with E-state index in [1.807, 2.05) is 41.8 Å². The molecular formula is C21H13N3OS. The summed E-state index contributed by atoms with van der Waals surface area (Å²) in [6, 6.07) is 19.1. The number of thiazole rings is 1. The molecule has 0 unspecified atom stereocenters. The highest BCUT2D eigenvalue weighted by atomic mass is 32.1. The summed E-state index contributed by atoms with van der Waals surface area (Å²) in [7, 11) is 0. The fraction of sp³-hybridized carbons (Fsp3) is 0. The fourth-order valence-electron chi connectivity index (χ4n) is 3.04. The highest BCUT2D eigenvalue weighted by Gasteiger charge is 2.20. The molecule has 2 aromatic heterocycles. The maximum absolute atomic E-state index is 12.8. The lowest BCUT2D eigenvalue weighted by atomic mass is 9.89. The van der Waals surface area contributed by atoms with Crippen molar-refractivity contribution in [3.05, 3.63) is 87.6 Å². The molecule has 0 amide bonds. The van der Waals surface area contributed by atoms with E-state index in [9.17, 15) is 10.1 Å². The SMILES string of the molecule is N#Cc1ccccc1-c1c(-c2ccccc2)c(-c2cscn2)c[nH]c1=O. The van der Waals surface area contributed by atoms with Gasteiger partial charge in [0.05, 0.1) is 28.4 Å². The third-order valence-electron chi connectivity index (χ3n) is 4.18. The summed E-state index contributed by atoms with van der Waals surface area (Å²) < 4.78 is 0. The first kappa shape index (κ1) is 16.0. The van der Waals surface area contributed by atoms with Gasteiger partial charge >= 0.3 is 0 Å². The first-order chi connectivity index (χ1) is 12.8. The number of rotatable bonds is 3. The van der Waals surface area contributed by atoms with Crippen molar-refractivity contribution < 1.29 is 0 Å². The zero-order valence-electron chi connectivity index (χ0n) is 13.6. The van der Waals surface area contributed by atoms with E-state index in [1.165, 1.54) is 11.3 Å². The van der Waals surface area contributed by atoms with E-state index in [1.54, 1.807) is 29.9 Å². The van der Waals surface area contributed by atoms with Crippen molar-refractivity contribution in [2.24, 2.45) is 0 Å². The van der Waals surface area contributed by atoms with Crippen LogP contribution in [0.25, 0.3) is 33.5 Å². The minimum Gasteiger partial charge on any atom is -0.328 e. The van der Waals surface area contributed by atoms with E-state index in [2.05, 4.69) is 16.0 Å². The van der Waals surface area contributed by atoms with Gasteiger partial charge < -0.3 is 4.98 Å². The summed E-state index contributed by atoms with van der Waals surface area (Å²) in [5.74, 6) is 0. The van der Waals surface area contributed by atoms with Crippen LogP contribution >= 0.6 is 11.3 Å². The molecule has 1 N–H and O–H groups in total. The van der Waals surface area contributed by atoms with Crippen LogP contribution in [0.2, 0.25) is 0 Å². The Labute approximate surface area is 154 Å². The predicted molar refractivity (Wildman–Crippen MR) is 104 cm³/mol. The van der Waals surface area contributed by atoms with Gasteiger partial charge in [0.2, 0.25) is 0 Å². The van der Waals surface area contributed by atoms with Crippen LogP contribution in [0.3, 0.4) is 0 Å². The van der Waals surface area contributed by atoms with Crippen LogP contribution in [-0.2, 0) is 0 Å². The third-order valence-corrected chi connectivity index (χ3v) is 4.77. The second-order valence-corrected chi connectivity index (χ2v) is 6.40. The smallest absolute Gasteiger partial charge is 0.256 e.